The van der Waals surface area contributed by atoms with Crippen LogP contribution < -0.4 is 0 Å². The molecule has 2 fully saturated rings. The summed E-state index contributed by atoms with van der Waals surface area (Å²) in [4.78, 5) is 16.3. The highest BCUT2D eigenvalue weighted by Crippen LogP contribution is 2.40. The number of likely N-dealkylation sites (tertiary alicyclic amines) is 2. The maximum absolute atomic E-state index is 12.3. The maximum atomic E-state index is 12.3. The number of hydrogen-bond donors (Lipinski definition) is 0. The van der Waals surface area contributed by atoms with E-state index in [1.807, 2.05) is 0 Å². The summed E-state index contributed by atoms with van der Waals surface area (Å²) >= 11 is 0. The summed E-state index contributed by atoms with van der Waals surface area (Å²) in [6.07, 6.45) is 3.15. The van der Waals surface area contributed by atoms with Crippen LogP contribution in [0.25, 0.3) is 0 Å². The third kappa shape index (κ3) is 3.51. The van der Waals surface area contributed by atoms with Gasteiger partial charge >= 0.3 is 0 Å². The number of carbonyl (C=O) groups is 1. The van der Waals surface area contributed by atoms with Crippen molar-refractivity contribution in [3.8, 4) is 0 Å². The number of methoxy groups -OCH3 is 1. The lowest BCUT2D eigenvalue weighted by Gasteiger charge is -2.53. The molecule has 0 saturated carbocycles. The Morgan fingerprint density at radius 3 is 2.65 bits per heavy atom. The van der Waals surface area contributed by atoms with E-state index in [4.69, 9.17) is 4.74 Å². The minimum Gasteiger partial charge on any atom is -0.383 e. The van der Waals surface area contributed by atoms with Gasteiger partial charge in [-0.05, 0) is 19.4 Å². The molecule has 1 atom stereocenters. The molecule has 0 aromatic rings. The molecule has 2 heterocycles. The van der Waals surface area contributed by atoms with Crippen LogP contribution in [-0.4, -0.2) is 82.6 Å². The quantitative estimate of drug-likeness (QED) is 0.625. The Bertz CT molecular complexity index is 465. The number of rotatable bonds is 6. The predicted octanol–water partition coefficient (Wildman–Crippen LogP) is -0.398. The monoisotopic (exact) mass is 304 g/mol. The molecule has 0 aromatic carbocycles. The topological polar surface area (TPSA) is 66.9 Å². The molecule has 0 aromatic heterocycles. The van der Waals surface area contributed by atoms with Crippen LogP contribution in [0.3, 0.4) is 0 Å². The standard InChI is InChI=1S/C13H24N2O4S/c1-19-8-6-14-5-3-4-13(10-14)11-15(12(13)16)7-9-20(2,17)18/h3-11H2,1-2H3. The van der Waals surface area contributed by atoms with Crippen molar-refractivity contribution in [2.75, 3.05) is 58.4 Å². The molecule has 2 aliphatic heterocycles. The summed E-state index contributed by atoms with van der Waals surface area (Å²) in [5, 5.41) is 0. The largest absolute Gasteiger partial charge is 0.383 e. The lowest BCUT2D eigenvalue weighted by Crippen LogP contribution is -2.67. The number of sulfone groups is 1. The van der Waals surface area contributed by atoms with Gasteiger partial charge in [0.2, 0.25) is 5.91 Å². The summed E-state index contributed by atoms with van der Waals surface area (Å²) < 4.78 is 27.4. The number of ether oxygens (including phenoxy) is 1. The van der Waals surface area contributed by atoms with E-state index in [9.17, 15) is 13.2 Å². The first-order chi connectivity index (χ1) is 9.36. The molecule has 0 N–H and O–H groups in total. The van der Waals surface area contributed by atoms with Crippen LogP contribution in [0.1, 0.15) is 12.8 Å². The van der Waals surface area contributed by atoms with Gasteiger partial charge in [-0.25, -0.2) is 8.42 Å². The van der Waals surface area contributed by atoms with E-state index in [-0.39, 0.29) is 17.1 Å². The van der Waals surface area contributed by atoms with Crippen molar-refractivity contribution in [2.24, 2.45) is 5.41 Å². The van der Waals surface area contributed by atoms with Crippen molar-refractivity contribution in [3.05, 3.63) is 0 Å². The van der Waals surface area contributed by atoms with Crippen LogP contribution in [0.4, 0.5) is 0 Å². The molecule has 1 spiro atoms. The summed E-state index contributed by atoms with van der Waals surface area (Å²) in [5.41, 5.74) is -0.260. The SMILES string of the molecule is COCCN1CCCC2(C1)CN(CCS(C)(=O)=O)C2=O. The molecular formula is C13H24N2O4S. The van der Waals surface area contributed by atoms with Crippen LogP contribution in [0.15, 0.2) is 0 Å². The van der Waals surface area contributed by atoms with Crippen LogP contribution in [0.2, 0.25) is 0 Å². The molecule has 2 aliphatic rings. The number of carbonyl (C=O) groups excluding carboxylic acids is 1. The van der Waals surface area contributed by atoms with Crippen LogP contribution in [0.5, 0.6) is 0 Å². The summed E-state index contributed by atoms with van der Waals surface area (Å²) in [6, 6.07) is 0. The molecule has 2 rings (SSSR count). The highest BCUT2D eigenvalue weighted by Gasteiger charge is 2.53. The van der Waals surface area contributed by atoms with E-state index in [2.05, 4.69) is 4.90 Å². The van der Waals surface area contributed by atoms with Crippen molar-refractivity contribution < 1.29 is 17.9 Å². The average Bonchev–Trinajstić information content (AvgIpc) is 2.40. The van der Waals surface area contributed by atoms with Gasteiger partial charge in [-0.3, -0.25) is 9.69 Å². The van der Waals surface area contributed by atoms with Gasteiger partial charge in [-0.15, -0.1) is 0 Å². The van der Waals surface area contributed by atoms with E-state index in [0.29, 0.717) is 19.7 Å². The van der Waals surface area contributed by atoms with Gasteiger partial charge in [-0.2, -0.15) is 0 Å². The number of β-lactam (4-membered cyclic amide) rings is 1. The summed E-state index contributed by atoms with van der Waals surface area (Å²) in [7, 11) is -1.32. The molecular weight excluding hydrogens is 280 g/mol. The molecule has 20 heavy (non-hydrogen) atoms. The zero-order valence-electron chi connectivity index (χ0n) is 12.3. The molecule has 7 heteroatoms. The Hall–Kier alpha value is -0.660. The van der Waals surface area contributed by atoms with Gasteiger partial charge in [0.15, 0.2) is 0 Å². The van der Waals surface area contributed by atoms with Gasteiger partial charge in [0.25, 0.3) is 0 Å². The second-order valence-electron chi connectivity index (χ2n) is 6.01. The third-order valence-corrected chi connectivity index (χ3v) is 5.16. The van der Waals surface area contributed by atoms with E-state index >= 15 is 0 Å². The second-order valence-corrected chi connectivity index (χ2v) is 8.27. The first kappa shape index (κ1) is 15.7. The normalized spacial score (nSPS) is 27.9. The Morgan fingerprint density at radius 1 is 1.30 bits per heavy atom. The molecule has 0 bridgehead atoms. The van der Waals surface area contributed by atoms with Crippen LogP contribution in [0, 0.1) is 5.41 Å². The number of piperidine rings is 1. The van der Waals surface area contributed by atoms with Crippen molar-refractivity contribution in [1.29, 1.82) is 0 Å². The number of hydrogen-bond acceptors (Lipinski definition) is 5. The van der Waals surface area contributed by atoms with E-state index in [0.717, 1.165) is 32.5 Å². The van der Waals surface area contributed by atoms with Gasteiger partial charge in [0.1, 0.15) is 9.84 Å². The molecule has 0 radical (unpaired) electrons. The zero-order chi connectivity index (χ0) is 14.8. The fraction of sp³-hybridized carbons (Fsp3) is 0.923. The minimum absolute atomic E-state index is 0.0577. The first-order valence-electron chi connectivity index (χ1n) is 7.05. The lowest BCUT2D eigenvalue weighted by molar-refractivity contribution is -0.165. The third-order valence-electron chi connectivity index (χ3n) is 4.23. The molecule has 6 nitrogen and oxygen atoms in total. The van der Waals surface area contributed by atoms with Crippen molar-refractivity contribution in [1.82, 2.24) is 9.80 Å². The van der Waals surface area contributed by atoms with Crippen molar-refractivity contribution in [2.45, 2.75) is 12.8 Å². The van der Waals surface area contributed by atoms with Crippen molar-refractivity contribution in [3.63, 3.8) is 0 Å². The molecule has 2 saturated heterocycles. The maximum Gasteiger partial charge on any atom is 0.231 e. The molecule has 1 amide bonds. The van der Waals surface area contributed by atoms with Crippen LogP contribution >= 0.6 is 0 Å². The first-order valence-corrected chi connectivity index (χ1v) is 9.11. The fourth-order valence-corrected chi connectivity index (χ4v) is 3.70. The van der Waals surface area contributed by atoms with E-state index < -0.39 is 9.84 Å². The Labute approximate surface area is 121 Å². The number of amides is 1. The van der Waals surface area contributed by atoms with Gasteiger partial charge in [0.05, 0.1) is 17.8 Å². The van der Waals surface area contributed by atoms with Crippen LogP contribution in [-0.2, 0) is 19.4 Å². The summed E-state index contributed by atoms with van der Waals surface area (Å²) in [5.74, 6) is 0.186. The predicted molar refractivity (Wildman–Crippen MR) is 76.3 cm³/mol. The smallest absolute Gasteiger partial charge is 0.231 e. The van der Waals surface area contributed by atoms with E-state index in [1.165, 1.54) is 6.26 Å². The van der Waals surface area contributed by atoms with Gasteiger partial charge in [-0.1, -0.05) is 0 Å². The Morgan fingerprint density at radius 2 is 2.05 bits per heavy atom. The minimum atomic E-state index is -3.00. The average molecular weight is 304 g/mol. The second kappa shape index (κ2) is 5.99. The van der Waals surface area contributed by atoms with Gasteiger partial charge in [0, 0.05) is 39.5 Å². The zero-order valence-corrected chi connectivity index (χ0v) is 13.1. The summed E-state index contributed by atoms with van der Waals surface area (Å²) in [6.45, 7) is 4.37. The highest BCUT2D eigenvalue weighted by atomic mass is 32.2. The highest BCUT2D eigenvalue weighted by molar-refractivity contribution is 7.90. The molecule has 116 valence electrons. The van der Waals surface area contributed by atoms with Gasteiger partial charge < -0.3 is 9.64 Å². The lowest BCUT2D eigenvalue weighted by atomic mass is 9.72. The van der Waals surface area contributed by atoms with Crippen molar-refractivity contribution >= 4 is 15.7 Å². The van der Waals surface area contributed by atoms with E-state index in [1.54, 1.807) is 12.0 Å². The molecule has 1 unspecified atom stereocenters. The number of nitrogens with zero attached hydrogens (tertiary/aromatic N) is 2. The Balaban J connectivity index is 1.86. The fourth-order valence-electron chi connectivity index (χ4n) is 3.15. The molecule has 0 aliphatic carbocycles. The Kier molecular flexibility index (Phi) is 4.71.